The number of fused-ring (bicyclic) bond motifs is 4. The molecule has 0 N–H and O–H groups in total. The molecule has 2 heterocycles. The molecule has 0 bridgehead atoms. The number of carbonyl (C=O) groups is 1. The molecule has 32 heavy (non-hydrogen) atoms. The fourth-order valence-electron chi connectivity index (χ4n) is 3.91. The molecule has 7 nitrogen and oxygen atoms in total. The number of para-hydroxylation sites is 1. The Labute approximate surface area is 184 Å². The maximum Gasteiger partial charge on any atom is 0.336 e. The lowest BCUT2D eigenvalue weighted by molar-refractivity contribution is 0.0994. The van der Waals surface area contributed by atoms with Crippen LogP contribution in [0.25, 0.3) is 11.0 Å². The van der Waals surface area contributed by atoms with Gasteiger partial charge in [-0.15, -0.1) is 0 Å². The fourth-order valence-corrected chi connectivity index (χ4v) is 5.45. The van der Waals surface area contributed by atoms with Gasteiger partial charge in [0.1, 0.15) is 5.58 Å². The van der Waals surface area contributed by atoms with Gasteiger partial charge in [0, 0.05) is 18.5 Å². The van der Waals surface area contributed by atoms with Crippen LogP contribution in [-0.2, 0) is 10.0 Å². The Bertz CT molecular complexity index is 1560. The number of anilines is 3. The van der Waals surface area contributed by atoms with E-state index >= 15 is 0 Å². The van der Waals surface area contributed by atoms with E-state index in [0.29, 0.717) is 11.1 Å². The maximum absolute atomic E-state index is 14.0. The Morgan fingerprint density at radius 2 is 1.53 bits per heavy atom. The number of benzene rings is 3. The van der Waals surface area contributed by atoms with Crippen molar-refractivity contribution in [3.05, 3.63) is 94.3 Å². The van der Waals surface area contributed by atoms with E-state index in [1.807, 2.05) is 6.92 Å². The molecule has 0 spiro atoms. The van der Waals surface area contributed by atoms with Crippen LogP contribution < -0.4 is 14.8 Å². The molecule has 0 saturated heterocycles. The first kappa shape index (κ1) is 20.0. The molecule has 1 aliphatic rings. The summed E-state index contributed by atoms with van der Waals surface area (Å²) in [5, 5.41) is 0.397. The Morgan fingerprint density at radius 1 is 0.812 bits per heavy atom. The van der Waals surface area contributed by atoms with Gasteiger partial charge in [0.05, 0.1) is 27.5 Å². The number of sulfonamides is 1. The molecule has 1 aromatic heterocycles. The highest BCUT2D eigenvalue weighted by Gasteiger charge is 2.37. The lowest BCUT2D eigenvalue weighted by atomic mass is 10.1. The summed E-state index contributed by atoms with van der Waals surface area (Å²) in [5.74, 6) is -0.347. The predicted molar refractivity (Wildman–Crippen MR) is 122 cm³/mol. The van der Waals surface area contributed by atoms with Gasteiger partial charge in [-0.05, 0) is 49.4 Å². The number of nitrogens with zero attached hydrogens (tertiary/aromatic N) is 2. The van der Waals surface area contributed by atoms with Gasteiger partial charge in [0.2, 0.25) is 0 Å². The Hall–Kier alpha value is -3.91. The van der Waals surface area contributed by atoms with Crippen molar-refractivity contribution in [2.75, 3.05) is 16.3 Å². The van der Waals surface area contributed by atoms with Crippen LogP contribution in [0.4, 0.5) is 17.1 Å². The van der Waals surface area contributed by atoms with Crippen molar-refractivity contribution in [2.24, 2.45) is 0 Å². The summed E-state index contributed by atoms with van der Waals surface area (Å²) in [6.45, 7) is 1.87. The van der Waals surface area contributed by atoms with E-state index in [-0.39, 0.29) is 33.3 Å². The van der Waals surface area contributed by atoms with E-state index in [4.69, 9.17) is 4.42 Å². The van der Waals surface area contributed by atoms with E-state index in [1.165, 1.54) is 33.5 Å². The second kappa shape index (κ2) is 7.06. The summed E-state index contributed by atoms with van der Waals surface area (Å²) in [6, 6.07) is 19.0. The summed E-state index contributed by atoms with van der Waals surface area (Å²) in [6.07, 6.45) is 0. The molecule has 0 unspecified atom stereocenters. The minimum atomic E-state index is -4.14. The molecule has 160 valence electrons. The zero-order valence-corrected chi connectivity index (χ0v) is 18.1. The third-order valence-corrected chi connectivity index (χ3v) is 7.26. The largest absolute Gasteiger partial charge is 0.423 e. The van der Waals surface area contributed by atoms with E-state index in [1.54, 1.807) is 55.6 Å². The van der Waals surface area contributed by atoms with Crippen LogP contribution in [0.2, 0.25) is 0 Å². The van der Waals surface area contributed by atoms with Crippen molar-refractivity contribution >= 4 is 44.0 Å². The molecule has 0 fully saturated rings. The Morgan fingerprint density at radius 3 is 2.28 bits per heavy atom. The van der Waals surface area contributed by atoms with Gasteiger partial charge in [0.25, 0.3) is 15.9 Å². The van der Waals surface area contributed by atoms with Gasteiger partial charge in [0.15, 0.2) is 0 Å². The summed E-state index contributed by atoms with van der Waals surface area (Å²) < 4.78 is 34.5. The molecule has 0 radical (unpaired) electrons. The average molecular weight is 446 g/mol. The number of amides is 1. The first-order chi connectivity index (χ1) is 15.3. The minimum Gasteiger partial charge on any atom is -0.423 e. The van der Waals surface area contributed by atoms with Crippen LogP contribution in [0.1, 0.15) is 15.9 Å². The highest BCUT2D eigenvalue weighted by atomic mass is 32.2. The van der Waals surface area contributed by atoms with E-state index in [9.17, 15) is 18.0 Å². The molecule has 0 saturated carbocycles. The van der Waals surface area contributed by atoms with Gasteiger partial charge < -0.3 is 9.32 Å². The quantitative estimate of drug-likeness (QED) is 0.430. The van der Waals surface area contributed by atoms with Crippen LogP contribution in [0.5, 0.6) is 0 Å². The topological polar surface area (TPSA) is 87.9 Å². The Kier molecular flexibility index (Phi) is 4.42. The molecule has 8 heteroatoms. The average Bonchev–Trinajstić information content (AvgIpc) is 2.87. The van der Waals surface area contributed by atoms with Gasteiger partial charge in [-0.1, -0.05) is 29.8 Å². The lowest BCUT2D eigenvalue weighted by Gasteiger charge is -2.27. The zero-order valence-electron chi connectivity index (χ0n) is 17.3. The standard InChI is InChI=1S/C24H18N2O5S/c1-15-7-9-16(10-8-15)32(29,30)26-19-6-4-3-5-17(19)24(28)25(2)20-12-13-21-18(23(20)26)11-14-22(27)31-21/h3-14H,1-2H3. The van der Waals surface area contributed by atoms with Crippen molar-refractivity contribution < 1.29 is 17.6 Å². The number of hydrogen-bond donors (Lipinski definition) is 0. The summed E-state index contributed by atoms with van der Waals surface area (Å²) in [5.41, 5.74) is 1.68. The second-order valence-electron chi connectivity index (χ2n) is 7.56. The van der Waals surface area contributed by atoms with Gasteiger partial charge in [-0.25, -0.2) is 17.5 Å². The van der Waals surface area contributed by atoms with Gasteiger partial charge in [-0.3, -0.25) is 4.79 Å². The molecule has 1 amide bonds. The number of carbonyl (C=O) groups excluding carboxylic acids is 1. The maximum atomic E-state index is 14.0. The number of rotatable bonds is 2. The molecule has 1 aliphatic heterocycles. The first-order valence-electron chi connectivity index (χ1n) is 9.85. The van der Waals surface area contributed by atoms with E-state index in [0.717, 1.165) is 5.56 Å². The minimum absolute atomic E-state index is 0.0789. The normalized spacial score (nSPS) is 13.6. The smallest absolute Gasteiger partial charge is 0.336 e. The summed E-state index contributed by atoms with van der Waals surface area (Å²) in [4.78, 5) is 26.6. The molecule has 4 aromatic rings. The Balaban J connectivity index is 1.94. The van der Waals surface area contributed by atoms with Gasteiger partial charge >= 0.3 is 5.63 Å². The predicted octanol–water partition coefficient (Wildman–Crippen LogP) is 4.22. The SMILES string of the molecule is Cc1ccc(S(=O)(=O)N2c3ccccc3C(=O)N(C)c3ccc4oc(=O)ccc4c32)cc1. The van der Waals surface area contributed by atoms with Crippen LogP contribution >= 0.6 is 0 Å². The second-order valence-corrected chi connectivity index (χ2v) is 9.35. The number of aryl methyl sites for hydroxylation is 1. The van der Waals surface area contributed by atoms with E-state index < -0.39 is 15.6 Å². The van der Waals surface area contributed by atoms with Gasteiger partial charge in [-0.2, -0.15) is 0 Å². The highest BCUT2D eigenvalue weighted by Crippen LogP contribution is 2.46. The fraction of sp³-hybridized carbons (Fsp3) is 0.0833. The van der Waals surface area contributed by atoms with Crippen LogP contribution in [-0.4, -0.2) is 21.4 Å². The molecule has 3 aromatic carbocycles. The van der Waals surface area contributed by atoms with Crippen molar-refractivity contribution in [3.63, 3.8) is 0 Å². The van der Waals surface area contributed by atoms with Crippen LogP contribution in [0.3, 0.4) is 0 Å². The van der Waals surface area contributed by atoms with Crippen molar-refractivity contribution in [1.29, 1.82) is 0 Å². The number of hydrogen-bond acceptors (Lipinski definition) is 5. The molecular weight excluding hydrogens is 428 g/mol. The molecule has 0 atom stereocenters. The lowest BCUT2D eigenvalue weighted by Crippen LogP contribution is -2.27. The van der Waals surface area contributed by atoms with Crippen LogP contribution in [0.15, 0.2) is 86.9 Å². The molecule has 5 rings (SSSR count). The third-order valence-electron chi connectivity index (χ3n) is 5.53. The van der Waals surface area contributed by atoms with Crippen molar-refractivity contribution in [2.45, 2.75) is 11.8 Å². The monoisotopic (exact) mass is 446 g/mol. The summed E-state index contributed by atoms with van der Waals surface area (Å²) in [7, 11) is -2.55. The highest BCUT2D eigenvalue weighted by molar-refractivity contribution is 7.93. The van der Waals surface area contributed by atoms with Crippen molar-refractivity contribution in [3.8, 4) is 0 Å². The summed E-state index contributed by atoms with van der Waals surface area (Å²) >= 11 is 0. The zero-order chi connectivity index (χ0) is 22.6. The van der Waals surface area contributed by atoms with Crippen molar-refractivity contribution in [1.82, 2.24) is 0 Å². The third kappa shape index (κ3) is 2.91. The molecular formula is C24H18N2O5S. The first-order valence-corrected chi connectivity index (χ1v) is 11.3. The van der Waals surface area contributed by atoms with E-state index in [2.05, 4.69) is 0 Å². The van der Waals surface area contributed by atoms with Crippen LogP contribution in [0, 0.1) is 6.92 Å². The molecule has 0 aliphatic carbocycles.